The molecule has 1 N–H and O–H groups in total. The summed E-state index contributed by atoms with van der Waals surface area (Å²) in [5.74, 6) is 0.891. The summed E-state index contributed by atoms with van der Waals surface area (Å²) in [4.78, 5) is 16.8. The first-order chi connectivity index (χ1) is 13.1. The van der Waals surface area contributed by atoms with Crippen LogP contribution in [-0.2, 0) is 0 Å². The zero-order valence-electron chi connectivity index (χ0n) is 17.0. The van der Waals surface area contributed by atoms with Crippen molar-refractivity contribution in [1.29, 1.82) is 0 Å². The van der Waals surface area contributed by atoms with Gasteiger partial charge in [0.15, 0.2) is 0 Å². The molecule has 2 aromatic rings. The Hall–Kier alpha value is -1.85. The number of amides is 1. The highest BCUT2D eigenvalue weighted by molar-refractivity contribution is 7.17. The van der Waals surface area contributed by atoms with Crippen molar-refractivity contribution < 1.29 is 9.53 Å². The van der Waals surface area contributed by atoms with Gasteiger partial charge in [-0.2, -0.15) is 0 Å². The van der Waals surface area contributed by atoms with Crippen LogP contribution in [0.15, 0.2) is 36.4 Å². The van der Waals surface area contributed by atoms with E-state index in [2.05, 4.69) is 31.0 Å². The molecule has 4 nitrogen and oxygen atoms in total. The lowest BCUT2D eigenvalue weighted by molar-refractivity contribution is 0.0941. The monoisotopic (exact) mass is 388 g/mol. The van der Waals surface area contributed by atoms with Crippen molar-refractivity contribution in [2.24, 2.45) is 0 Å². The minimum absolute atomic E-state index is 0.0209. The highest BCUT2D eigenvalue weighted by Gasteiger charge is 2.13. The Morgan fingerprint density at radius 3 is 2.44 bits per heavy atom. The molecule has 1 heterocycles. The lowest BCUT2D eigenvalue weighted by atomic mass is 10.1. The van der Waals surface area contributed by atoms with Crippen LogP contribution in [0.2, 0.25) is 0 Å². The van der Waals surface area contributed by atoms with Crippen LogP contribution in [0.3, 0.4) is 0 Å². The number of carbonyl (C=O) groups excluding carboxylic acids is 1. The molecule has 1 aromatic carbocycles. The summed E-state index contributed by atoms with van der Waals surface area (Å²) in [5, 5.41) is 3.13. The van der Waals surface area contributed by atoms with E-state index in [1.165, 1.54) is 11.3 Å². The molecule has 1 amide bonds. The molecule has 0 fully saturated rings. The highest BCUT2D eigenvalue weighted by atomic mass is 32.1. The molecule has 0 aliphatic carbocycles. The topological polar surface area (TPSA) is 41.6 Å². The van der Waals surface area contributed by atoms with Crippen LogP contribution in [-0.4, -0.2) is 43.1 Å². The minimum Gasteiger partial charge on any atom is -0.494 e. The Bertz CT molecular complexity index is 693. The van der Waals surface area contributed by atoms with E-state index in [4.69, 9.17) is 4.74 Å². The fourth-order valence-corrected chi connectivity index (χ4v) is 3.94. The van der Waals surface area contributed by atoms with E-state index in [0.717, 1.165) is 53.5 Å². The molecule has 0 bridgehead atoms. The fourth-order valence-electron chi connectivity index (χ4n) is 3.03. The Morgan fingerprint density at radius 2 is 1.81 bits per heavy atom. The second-order valence-electron chi connectivity index (χ2n) is 6.66. The number of hydrogen-bond acceptors (Lipinski definition) is 4. The predicted octanol–water partition coefficient (Wildman–Crippen LogP) is 5.05. The quantitative estimate of drug-likeness (QED) is 0.585. The lowest BCUT2D eigenvalue weighted by Gasteiger charge is -2.19. The number of carbonyl (C=O) groups is 1. The lowest BCUT2D eigenvalue weighted by Crippen LogP contribution is -2.33. The van der Waals surface area contributed by atoms with E-state index < -0.39 is 0 Å². The maximum absolute atomic E-state index is 12.5. The van der Waals surface area contributed by atoms with Crippen molar-refractivity contribution in [2.45, 2.75) is 46.6 Å². The molecular formula is C22H32N2O2S. The molecule has 1 atom stereocenters. The first kappa shape index (κ1) is 21.5. The summed E-state index contributed by atoms with van der Waals surface area (Å²) >= 11 is 1.53. The summed E-state index contributed by atoms with van der Waals surface area (Å²) < 4.78 is 5.48. The largest absolute Gasteiger partial charge is 0.494 e. The van der Waals surface area contributed by atoms with E-state index in [9.17, 15) is 4.79 Å². The molecule has 0 spiro atoms. The van der Waals surface area contributed by atoms with E-state index in [1.54, 1.807) is 0 Å². The normalized spacial score (nSPS) is 12.2. The van der Waals surface area contributed by atoms with Gasteiger partial charge in [0, 0.05) is 10.9 Å². The first-order valence-corrected chi connectivity index (χ1v) is 10.7. The Balaban J connectivity index is 1.86. The van der Waals surface area contributed by atoms with Gasteiger partial charge in [0.05, 0.1) is 11.5 Å². The van der Waals surface area contributed by atoms with Crippen LogP contribution in [0, 0.1) is 0 Å². The van der Waals surface area contributed by atoms with Crippen LogP contribution < -0.4 is 10.1 Å². The fraction of sp³-hybridized carbons (Fsp3) is 0.500. The number of thiophene rings is 1. The van der Waals surface area contributed by atoms with E-state index in [-0.39, 0.29) is 11.9 Å². The highest BCUT2D eigenvalue weighted by Crippen LogP contribution is 2.29. The van der Waals surface area contributed by atoms with E-state index >= 15 is 0 Å². The summed E-state index contributed by atoms with van der Waals surface area (Å²) in [7, 11) is 0. The smallest absolute Gasteiger partial charge is 0.261 e. The second-order valence-corrected chi connectivity index (χ2v) is 7.75. The van der Waals surface area contributed by atoms with Crippen LogP contribution in [0.4, 0.5) is 0 Å². The molecule has 1 aromatic heterocycles. The van der Waals surface area contributed by atoms with Crippen LogP contribution in [0.25, 0.3) is 10.4 Å². The second kappa shape index (κ2) is 11.1. The summed E-state index contributed by atoms with van der Waals surface area (Å²) in [6, 6.07) is 12.1. The molecular weight excluding hydrogens is 356 g/mol. The molecule has 27 heavy (non-hydrogen) atoms. The first-order valence-electron chi connectivity index (χ1n) is 9.93. The van der Waals surface area contributed by atoms with Gasteiger partial charge >= 0.3 is 0 Å². The van der Waals surface area contributed by atoms with Crippen molar-refractivity contribution in [2.75, 3.05) is 26.2 Å². The van der Waals surface area contributed by atoms with Crippen molar-refractivity contribution in [3.05, 3.63) is 41.3 Å². The third-order valence-electron chi connectivity index (χ3n) is 4.66. The summed E-state index contributed by atoms with van der Waals surface area (Å²) in [6.45, 7) is 12.4. The zero-order valence-corrected chi connectivity index (χ0v) is 17.8. The minimum atomic E-state index is 0.0209. The molecule has 0 aliphatic rings. The van der Waals surface area contributed by atoms with Gasteiger partial charge in [0.1, 0.15) is 5.75 Å². The van der Waals surface area contributed by atoms with Gasteiger partial charge in [-0.15, -0.1) is 11.3 Å². The average Bonchev–Trinajstić information content (AvgIpc) is 3.16. The van der Waals surface area contributed by atoms with Crippen molar-refractivity contribution >= 4 is 17.2 Å². The predicted molar refractivity (Wildman–Crippen MR) is 115 cm³/mol. The standard InChI is InChI=1S/C22H32N2O2S/c1-5-24(6-2)16-8-9-17(4)23-22(25)21-15-14-20(27-21)18-10-12-19(13-11-18)26-7-3/h10-15,17H,5-9,16H2,1-4H3,(H,23,25)/t17-/m0/s1. The summed E-state index contributed by atoms with van der Waals surface area (Å²) in [6.07, 6.45) is 2.10. The van der Waals surface area contributed by atoms with Gasteiger partial charge in [-0.3, -0.25) is 4.79 Å². The third-order valence-corrected chi connectivity index (χ3v) is 5.80. The van der Waals surface area contributed by atoms with Crippen molar-refractivity contribution in [3.63, 3.8) is 0 Å². The van der Waals surface area contributed by atoms with Gasteiger partial charge in [-0.05, 0) is 88.3 Å². The molecule has 148 valence electrons. The van der Waals surface area contributed by atoms with Gasteiger partial charge in [-0.25, -0.2) is 0 Å². The number of rotatable bonds is 11. The Morgan fingerprint density at radius 1 is 1.11 bits per heavy atom. The van der Waals surface area contributed by atoms with Crippen molar-refractivity contribution in [1.82, 2.24) is 10.2 Å². The van der Waals surface area contributed by atoms with Crippen LogP contribution >= 0.6 is 11.3 Å². The third kappa shape index (κ3) is 6.67. The van der Waals surface area contributed by atoms with Gasteiger partial charge in [-0.1, -0.05) is 13.8 Å². The number of benzene rings is 1. The molecule has 5 heteroatoms. The average molecular weight is 389 g/mol. The number of ether oxygens (including phenoxy) is 1. The number of nitrogens with zero attached hydrogens (tertiary/aromatic N) is 1. The van der Waals surface area contributed by atoms with Gasteiger partial charge in [0.25, 0.3) is 5.91 Å². The maximum atomic E-state index is 12.5. The van der Waals surface area contributed by atoms with Gasteiger partial charge in [0.2, 0.25) is 0 Å². The Labute approximate surface area is 167 Å². The Kier molecular flexibility index (Phi) is 8.82. The number of nitrogens with one attached hydrogen (secondary N) is 1. The van der Waals surface area contributed by atoms with Crippen molar-refractivity contribution in [3.8, 4) is 16.2 Å². The molecule has 0 unspecified atom stereocenters. The van der Waals surface area contributed by atoms with E-state index in [0.29, 0.717) is 6.61 Å². The summed E-state index contributed by atoms with van der Waals surface area (Å²) in [5.41, 5.74) is 1.11. The SMILES string of the molecule is CCOc1ccc(-c2ccc(C(=O)N[C@@H](C)CCCN(CC)CC)s2)cc1. The molecule has 0 aliphatic heterocycles. The maximum Gasteiger partial charge on any atom is 0.261 e. The molecule has 2 rings (SSSR count). The van der Waals surface area contributed by atoms with Crippen LogP contribution in [0.5, 0.6) is 5.75 Å². The molecule has 0 radical (unpaired) electrons. The number of hydrogen-bond donors (Lipinski definition) is 1. The van der Waals surface area contributed by atoms with E-state index in [1.807, 2.05) is 43.3 Å². The zero-order chi connectivity index (χ0) is 19.6. The molecule has 0 saturated heterocycles. The molecule has 0 saturated carbocycles. The van der Waals surface area contributed by atoms with Gasteiger partial charge < -0.3 is 15.0 Å². The van der Waals surface area contributed by atoms with Crippen LogP contribution in [0.1, 0.15) is 50.2 Å².